The SMILES string of the molecule is CC1CCC(CN)(C2(O)CCC(C)c3ccccc32)CC1. The molecule has 2 unspecified atom stereocenters. The molecular formula is C19H29NO. The van der Waals surface area contributed by atoms with E-state index in [0.29, 0.717) is 12.5 Å². The predicted molar refractivity (Wildman–Crippen MR) is 87.1 cm³/mol. The summed E-state index contributed by atoms with van der Waals surface area (Å²) in [5.41, 5.74) is 7.86. The van der Waals surface area contributed by atoms with Crippen LogP contribution in [0.15, 0.2) is 24.3 Å². The van der Waals surface area contributed by atoms with E-state index in [0.717, 1.165) is 37.2 Å². The number of hydrogen-bond acceptors (Lipinski definition) is 2. The van der Waals surface area contributed by atoms with Gasteiger partial charge in [-0.25, -0.2) is 0 Å². The highest BCUT2D eigenvalue weighted by Gasteiger charge is 2.53. The van der Waals surface area contributed by atoms with Crippen molar-refractivity contribution in [2.24, 2.45) is 17.1 Å². The van der Waals surface area contributed by atoms with Crippen molar-refractivity contribution in [1.82, 2.24) is 0 Å². The van der Waals surface area contributed by atoms with Crippen LogP contribution < -0.4 is 5.73 Å². The molecule has 0 spiro atoms. The van der Waals surface area contributed by atoms with Gasteiger partial charge in [0.15, 0.2) is 0 Å². The number of fused-ring (bicyclic) bond motifs is 1. The summed E-state index contributed by atoms with van der Waals surface area (Å²) >= 11 is 0. The van der Waals surface area contributed by atoms with Gasteiger partial charge in [0, 0.05) is 12.0 Å². The second kappa shape index (κ2) is 5.40. The summed E-state index contributed by atoms with van der Waals surface area (Å²) < 4.78 is 0. The number of hydrogen-bond donors (Lipinski definition) is 2. The van der Waals surface area contributed by atoms with E-state index in [2.05, 4.69) is 38.1 Å². The molecule has 0 aliphatic heterocycles. The molecule has 0 bridgehead atoms. The van der Waals surface area contributed by atoms with Crippen LogP contribution in [0.25, 0.3) is 0 Å². The van der Waals surface area contributed by atoms with Crippen LogP contribution in [0.3, 0.4) is 0 Å². The molecule has 2 aliphatic rings. The van der Waals surface area contributed by atoms with Crippen LogP contribution in [0.4, 0.5) is 0 Å². The third-order valence-electron chi connectivity index (χ3n) is 6.38. The van der Waals surface area contributed by atoms with Gasteiger partial charge in [0.2, 0.25) is 0 Å². The molecule has 3 rings (SSSR count). The van der Waals surface area contributed by atoms with Gasteiger partial charge in [-0.05, 0) is 48.6 Å². The predicted octanol–water partition coefficient (Wildman–Crippen LogP) is 3.93. The molecule has 1 aromatic rings. The van der Waals surface area contributed by atoms with Crippen molar-refractivity contribution in [3.05, 3.63) is 35.4 Å². The average Bonchev–Trinajstić information content (AvgIpc) is 2.52. The molecule has 1 saturated carbocycles. The first-order valence-electron chi connectivity index (χ1n) is 8.54. The molecule has 21 heavy (non-hydrogen) atoms. The minimum Gasteiger partial charge on any atom is -0.385 e. The maximum atomic E-state index is 11.7. The van der Waals surface area contributed by atoms with Crippen LogP contribution in [-0.4, -0.2) is 11.7 Å². The van der Waals surface area contributed by atoms with Gasteiger partial charge in [-0.2, -0.15) is 0 Å². The van der Waals surface area contributed by atoms with E-state index in [1.807, 2.05) is 0 Å². The van der Waals surface area contributed by atoms with Crippen molar-refractivity contribution in [1.29, 1.82) is 0 Å². The standard InChI is InChI=1S/C19H29NO/c1-14-7-10-18(13-20,11-8-14)19(21)12-9-15(2)16-5-3-4-6-17(16)19/h3-6,14-15,21H,7-13,20H2,1-2H3. The quantitative estimate of drug-likeness (QED) is 0.866. The number of rotatable bonds is 2. The molecular weight excluding hydrogens is 258 g/mol. The Morgan fingerprint density at radius 3 is 2.43 bits per heavy atom. The van der Waals surface area contributed by atoms with Crippen LogP contribution in [0.5, 0.6) is 0 Å². The fourth-order valence-corrected chi connectivity index (χ4v) is 4.67. The van der Waals surface area contributed by atoms with Crippen molar-refractivity contribution < 1.29 is 5.11 Å². The molecule has 0 heterocycles. The van der Waals surface area contributed by atoms with Gasteiger partial charge in [0.1, 0.15) is 0 Å². The van der Waals surface area contributed by atoms with Gasteiger partial charge in [-0.3, -0.25) is 0 Å². The molecule has 2 heteroatoms. The molecule has 2 atom stereocenters. The highest BCUT2D eigenvalue weighted by molar-refractivity contribution is 5.39. The Morgan fingerprint density at radius 2 is 1.76 bits per heavy atom. The van der Waals surface area contributed by atoms with Crippen LogP contribution in [0.2, 0.25) is 0 Å². The maximum Gasteiger partial charge on any atom is 0.0967 e. The minimum atomic E-state index is -0.731. The first kappa shape index (κ1) is 15.1. The first-order chi connectivity index (χ1) is 10.0. The van der Waals surface area contributed by atoms with Crippen LogP contribution in [-0.2, 0) is 5.60 Å². The number of benzene rings is 1. The molecule has 3 N–H and O–H groups in total. The van der Waals surface area contributed by atoms with Crippen molar-refractivity contribution >= 4 is 0 Å². The normalized spacial score (nSPS) is 39.8. The summed E-state index contributed by atoms with van der Waals surface area (Å²) in [6, 6.07) is 8.50. The van der Waals surface area contributed by atoms with Gasteiger partial charge in [-0.1, -0.05) is 51.0 Å². The largest absolute Gasteiger partial charge is 0.385 e. The fraction of sp³-hybridized carbons (Fsp3) is 0.684. The first-order valence-corrected chi connectivity index (χ1v) is 8.54. The summed E-state index contributed by atoms with van der Waals surface area (Å²) in [4.78, 5) is 0. The van der Waals surface area contributed by atoms with E-state index < -0.39 is 5.60 Å². The van der Waals surface area contributed by atoms with E-state index in [4.69, 9.17) is 5.73 Å². The Kier molecular flexibility index (Phi) is 3.87. The molecule has 2 nitrogen and oxygen atoms in total. The molecule has 2 aliphatic carbocycles. The molecule has 0 amide bonds. The summed E-state index contributed by atoms with van der Waals surface area (Å²) in [7, 11) is 0. The zero-order chi connectivity index (χ0) is 15.1. The Morgan fingerprint density at radius 1 is 1.10 bits per heavy atom. The lowest BCUT2D eigenvalue weighted by Gasteiger charge is -2.53. The highest BCUT2D eigenvalue weighted by Crippen LogP contribution is 2.56. The Labute approximate surface area is 128 Å². The third kappa shape index (κ3) is 2.24. The van der Waals surface area contributed by atoms with E-state index in [1.165, 1.54) is 18.4 Å². The lowest BCUT2D eigenvalue weighted by atomic mass is 9.55. The molecule has 0 aromatic heterocycles. The van der Waals surface area contributed by atoms with E-state index >= 15 is 0 Å². The zero-order valence-corrected chi connectivity index (χ0v) is 13.4. The second-order valence-corrected chi connectivity index (χ2v) is 7.55. The summed E-state index contributed by atoms with van der Waals surface area (Å²) in [6.07, 6.45) is 6.42. The van der Waals surface area contributed by atoms with Gasteiger partial charge in [0.05, 0.1) is 5.60 Å². The van der Waals surface area contributed by atoms with E-state index in [1.54, 1.807) is 0 Å². The van der Waals surface area contributed by atoms with Crippen molar-refractivity contribution in [3.63, 3.8) is 0 Å². The van der Waals surface area contributed by atoms with Crippen LogP contribution in [0, 0.1) is 11.3 Å². The smallest absolute Gasteiger partial charge is 0.0967 e. The van der Waals surface area contributed by atoms with E-state index in [9.17, 15) is 5.11 Å². The molecule has 0 radical (unpaired) electrons. The molecule has 0 saturated heterocycles. The topological polar surface area (TPSA) is 46.2 Å². The Bertz CT molecular complexity index is 504. The van der Waals surface area contributed by atoms with Gasteiger partial charge in [-0.15, -0.1) is 0 Å². The average molecular weight is 287 g/mol. The summed E-state index contributed by atoms with van der Waals surface area (Å²) in [5, 5.41) is 11.7. The van der Waals surface area contributed by atoms with Gasteiger partial charge < -0.3 is 10.8 Å². The van der Waals surface area contributed by atoms with Crippen molar-refractivity contribution in [3.8, 4) is 0 Å². The maximum absolute atomic E-state index is 11.7. The molecule has 1 aromatic carbocycles. The zero-order valence-electron chi connectivity index (χ0n) is 13.4. The minimum absolute atomic E-state index is 0.129. The molecule has 116 valence electrons. The summed E-state index contributed by atoms with van der Waals surface area (Å²) in [5.74, 6) is 1.31. The summed E-state index contributed by atoms with van der Waals surface area (Å²) in [6.45, 7) is 5.19. The van der Waals surface area contributed by atoms with Gasteiger partial charge >= 0.3 is 0 Å². The van der Waals surface area contributed by atoms with Crippen LogP contribution >= 0.6 is 0 Å². The van der Waals surface area contributed by atoms with Crippen molar-refractivity contribution in [2.45, 2.75) is 63.9 Å². The second-order valence-electron chi connectivity index (χ2n) is 7.55. The van der Waals surface area contributed by atoms with Crippen molar-refractivity contribution in [2.75, 3.05) is 6.54 Å². The fourth-order valence-electron chi connectivity index (χ4n) is 4.67. The highest BCUT2D eigenvalue weighted by atomic mass is 16.3. The number of nitrogens with two attached hydrogens (primary N) is 1. The third-order valence-corrected chi connectivity index (χ3v) is 6.38. The van der Waals surface area contributed by atoms with Gasteiger partial charge in [0.25, 0.3) is 0 Å². The Balaban J connectivity index is 2.05. The van der Waals surface area contributed by atoms with E-state index in [-0.39, 0.29) is 5.41 Å². The monoisotopic (exact) mass is 287 g/mol. The Hall–Kier alpha value is -0.860. The number of aliphatic hydroxyl groups is 1. The lowest BCUT2D eigenvalue weighted by Crippen LogP contribution is -2.53. The molecule has 1 fully saturated rings. The lowest BCUT2D eigenvalue weighted by molar-refractivity contribution is -0.123. The van der Waals surface area contributed by atoms with Crippen LogP contribution in [0.1, 0.15) is 69.4 Å².